The number of hydrogen-bond donors (Lipinski definition) is 2. The molecule has 2 aromatic heterocycles. The highest BCUT2D eigenvalue weighted by molar-refractivity contribution is 6.08. The number of para-hydroxylation sites is 1. The fourth-order valence-corrected chi connectivity index (χ4v) is 5.54. The van der Waals surface area contributed by atoms with Gasteiger partial charge in [-0.25, -0.2) is 0 Å². The monoisotopic (exact) mass is 399 g/mol. The predicted octanol–water partition coefficient (Wildman–Crippen LogP) is 2.77. The molecule has 4 heterocycles. The van der Waals surface area contributed by atoms with Gasteiger partial charge in [-0.1, -0.05) is 24.3 Å². The summed E-state index contributed by atoms with van der Waals surface area (Å²) >= 11 is 0. The van der Waals surface area contributed by atoms with Crippen molar-refractivity contribution in [2.45, 2.75) is 37.1 Å². The minimum atomic E-state index is -0.825. The first-order valence-corrected chi connectivity index (χ1v) is 10.4. The lowest BCUT2D eigenvalue weighted by molar-refractivity contribution is -0.121. The second kappa shape index (κ2) is 6.26. The Hall–Kier alpha value is -3.48. The highest BCUT2D eigenvalue weighted by Crippen LogP contribution is 2.54. The first kappa shape index (κ1) is 17.4. The van der Waals surface area contributed by atoms with Gasteiger partial charge in [-0.05, 0) is 48.9 Å². The molecule has 7 heteroatoms. The fraction of sp³-hybridized carbons (Fsp3) is 0.304. The molecular weight excluding hydrogens is 378 g/mol. The first-order valence-electron chi connectivity index (χ1n) is 10.4. The van der Waals surface area contributed by atoms with E-state index in [1.165, 1.54) is 0 Å². The van der Waals surface area contributed by atoms with Crippen LogP contribution in [0.15, 0.2) is 48.8 Å². The highest BCUT2D eigenvalue weighted by Gasteiger charge is 2.59. The number of nitrogens with one attached hydrogen (secondary N) is 2. The van der Waals surface area contributed by atoms with Crippen molar-refractivity contribution in [3.8, 4) is 0 Å². The molecule has 6 rings (SSSR count). The third-order valence-corrected chi connectivity index (χ3v) is 6.86. The van der Waals surface area contributed by atoms with Gasteiger partial charge in [-0.3, -0.25) is 19.7 Å². The van der Waals surface area contributed by atoms with Gasteiger partial charge in [-0.2, -0.15) is 5.10 Å². The second-order valence-electron chi connectivity index (χ2n) is 8.29. The summed E-state index contributed by atoms with van der Waals surface area (Å²) in [5, 5.41) is 10.4. The summed E-state index contributed by atoms with van der Waals surface area (Å²) in [4.78, 5) is 33.2. The standard InChI is InChI=1S/C23H21N5O2/c29-21(19-15-6-3-9-17(15)26-27-19)28-12-10-23(20(28)14-5-4-11-24-13-14)16-7-1-2-8-18(16)25-22(23)30/h1-2,4-5,7-8,11,13,20H,3,6,9-10,12H2,(H,25,30)(H,26,27). The Kier molecular flexibility index (Phi) is 3.63. The van der Waals surface area contributed by atoms with E-state index in [0.29, 0.717) is 18.7 Å². The average molecular weight is 399 g/mol. The Labute approximate surface area is 173 Å². The van der Waals surface area contributed by atoms with Gasteiger partial charge in [0.25, 0.3) is 5.91 Å². The zero-order chi connectivity index (χ0) is 20.3. The van der Waals surface area contributed by atoms with E-state index in [2.05, 4.69) is 20.5 Å². The smallest absolute Gasteiger partial charge is 0.275 e. The van der Waals surface area contributed by atoms with Gasteiger partial charge in [0.15, 0.2) is 5.69 Å². The number of anilines is 1. The Morgan fingerprint density at radius 1 is 1.17 bits per heavy atom. The van der Waals surface area contributed by atoms with E-state index in [-0.39, 0.29) is 11.8 Å². The summed E-state index contributed by atoms with van der Waals surface area (Å²) < 4.78 is 0. The van der Waals surface area contributed by atoms with E-state index in [9.17, 15) is 9.59 Å². The summed E-state index contributed by atoms with van der Waals surface area (Å²) in [6.45, 7) is 0.488. The van der Waals surface area contributed by atoms with Gasteiger partial charge in [0, 0.05) is 35.9 Å². The Morgan fingerprint density at radius 3 is 2.93 bits per heavy atom. The van der Waals surface area contributed by atoms with Crippen LogP contribution in [0.1, 0.15) is 51.8 Å². The number of fused-ring (bicyclic) bond motifs is 3. The van der Waals surface area contributed by atoms with Gasteiger partial charge < -0.3 is 10.2 Å². The lowest BCUT2D eigenvalue weighted by Crippen LogP contribution is -2.43. The molecule has 30 heavy (non-hydrogen) atoms. The van der Waals surface area contributed by atoms with E-state index in [0.717, 1.165) is 47.3 Å². The largest absolute Gasteiger partial charge is 0.329 e. The van der Waals surface area contributed by atoms with Crippen LogP contribution in [0.3, 0.4) is 0 Å². The zero-order valence-electron chi connectivity index (χ0n) is 16.4. The van der Waals surface area contributed by atoms with Crippen LogP contribution < -0.4 is 5.32 Å². The van der Waals surface area contributed by atoms with Crippen molar-refractivity contribution in [1.82, 2.24) is 20.1 Å². The normalized spacial score (nSPS) is 24.2. The van der Waals surface area contributed by atoms with Crippen LogP contribution >= 0.6 is 0 Å². The maximum atomic E-state index is 13.7. The van der Waals surface area contributed by atoms with Crippen LogP contribution in [0.5, 0.6) is 0 Å². The molecule has 0 radical (unpaired) electrons. The quantitative estimate of drug-likeness (QED) is 0.693. The summed E-state index contributed by atoms with van der Waals surface area (Å²) in [7, 11) is 0. The Balaban J connectivity index is 1.50. The van der Waals surface area contributed by atoms with Crippen molar-refractivity contribution in [2.24, 2.45) is 0 Å². The molecule has 1 aromatic carbocycles. The molecule has 2 amide bonds. The third-order valence-electron chi connectivity index (χ3n) is 6.86. The number of carbonyl (C=O) groups excluding carboxylic acids is 2. The number of nitrogens with zero attached hydrogens (tertiary/aromatic N) is 3. The molecule has 1 fully saturated rings. The summed E-state index contributed by atoms with van der Waals surface area (Å²) in [6, 6.07) is 11.2. The molecule has 2 N–H and O–H groups in total. The van der Waals surface area contributed by atoms with Gasteiger partial charge in [0.2, 0.25) is 5.91 Å². The molecule has 2 aliphatic heterocycles. The number of benzene rings is 1. The SMILES string of the molecule is O=C(c1n[nH]c2c1CCC2)N1CCC2(C(=O)Nc3ccccc32)C1c1cccnc1. The molecule has 1 saturated heterocycles. The minimum Gasteiger partial charge on any atom is -0.329 e. The van der Waals surface area contributed by atoms with E-state index >= 15 is 0 Å². The van der Waals surface area contributed by atoms with Crippen LogP contribution in [0.25, 0.3) is 0 Å². The van der Waals surface area contributed by atoms with Gasteiger partial charge in [0.1, 0.15) is 5.41 Å². The third kappa shape index (κ3) is 2.20. The van der Waals surface area contributed by atoms with Crippen LogP contribution in [0.2, 0.25) is 0 Å². The number of rotatable bonds is 2. The van der Waals surface area contributed by atoms with Crippen molar-refractivity contribution in [1.29, 1.82) is 0 Å². The number of aromatic amines is 1. The van der Waals surface area contributed by atoms with Crippen molar-refractivity contribution in [2.75, 3.05) is 11.9 Å². The molecule has 3 aliphatic rings. The van der Waals surface area contributed by atoms with Gasteiger partial charge in [0.05, 0.1) is 6.04 Å². The van der Waals surface area contributed by atoms with Crippen molar-refractivity contribution in [3.05, 3.63) is 76.9 Å². The molecule has 7 nitrogen and oxygen atoms in total. The van der Waals surface area contributed by atoms with E-state index in [1.54, 1.807) is 12.4 Å². The minimum absolute atomic E-state index is 0.0555. The van der Waals surface area contributed by atoms with E-state index < -0.39 is 11.5 Å². The van der Waals surface area contributed by atoms with Crippen molar-refractivity contribution < 1.29 is 9.59 Å². The lowest BCUT2D eigenvalue weighted by Gasteiger charge is -2.34. The number of H-pyrrole nitrogens is 1. The van der Waals surface area contributed by atoms with Crippen LogP contribution in [0, 0.1) is 0 Å². The Morgan fingerprint density at radius 2 is 2.07 bits per heavy atom. The topological polar surface area (TPSA) is 91.0 Å². The summed E-state index contributed by atoms with van der Waals surface area (Å²) in [5.74, 6) is -0.169. The van der Waals surface area contributed by atoms with E-state index in [4.69, 9.17) is 0 Å². The van der Waals surface area contributed by atoms with Crippen molar-refractivity contribution >= 4 is 17.5 Å². The Bertz CT molecular complexity index is 1170. The summed E-state index contributed by atoms with van der Waals surface area (Å²) in [6.07, 6.45) is 6.87. The zero-order valence-corrected chi connectivity index (χ0v) is 16.4. The molecule has 2 unspecified atom stereocenters. The van der Waals surface area contributed by atoms with Gasteiger partial charge >= 0.3 is 0 Å². The number of amides is 2. The average Bonchev–Trinajstić information content (AvgIpc) is 3.52. The maximum Gasteiger partial charge on any atom is 0.275 e. The second-order valence-corrected chi connectivity index (χ2v) is 8.29. The van der Waals surface area contributed by atoms with E-state index in [1.807, 2.05) is 41.3 Å². The molecule has 1 spiro atoms. The molecule has 0 saturated carbocycles. The molecule has 1 aliphatic carbocycles. The number of hydrogen-bond acceptors (Lipinski definition) is 4. The van der Waals surface area contributed by atoms with Crippen LogP contribution in [-0.4, -0.2) is 38.4 Å². The van der Waals surface area contributed by atoms with Crippen molar-refractivity contribution in [3.63, 3.8) is 0 Å². The number of carbonyl (C=O) groups is 2. The number of aromatic nitrogens is 3. The van der Waals surface area contributed by atoms with Gasteiger partial charge in [-0.15, -0.1) is 0 Å². The van der Waals surface area contributed by atoms with Crippen LogP contribution in [-0.2, 0) is 23.1 Å². The number of likely N-dealkylation sites (tertiary alicyclic amines) is 1. The maximum absolute atomic E-state index is 13.7. The molecule has 150 valence electrons. The predicted molar refractivity (Wildman–Crippen MR) is 110 cm³/mol. The molecule has 2 atom stereocenters. The molecule has 3 aromatic rings. The number of pyridine rings is 1. The van der Waals surface area contributed by atoms with Crippen LogP contribution in [0.4, 0.5) is 5.69 Å². The molecule has 0 bridgehead atoms. The summed E-state index contributed by atoms with van der Waals surface area (Å²) in [5.41, 5.74) is 4.41. The lowest BCUT2D eigenvalue weighted by atomic mass is 9.73. The fourth-order valence-electron chi connectivity index (χ4n) is 5.54. The first-order chi connectivity index (χ1) is 14.7. The molecular formula is C23H21N5O2. The highest BCUT2D eigenvalue weighted by atomic mass is 16.2. The number of aryl methyl sites for hydroxylation is 1.